The van der Waals surface area contributed by atoms with Crippen LogP contribution in [0.3, 0.4) is 0 Å². The van der Waals surface area contributed by atoms with Gasteiger partial charge in [-0.2, -0.15) is 5.10 Å². The van der Waals surface area contributed by atoms with E-state index < -0.39 is 6.03 Å². The van der Waals surface area contributed by atoms with Crippen LogP contribution in [-0.4, -0.2) is 61.2 Å². The summed E-state index contributed by atoms with van der Waals surface area (Å²) < 4.78 is 3.61. The monoisotopic (exact) mass is 618 g/mol. The minimum absolute atomic E-state index is 0.0266. The number of amides is 5. The number of hydrogen-bond donors (Lipinski definition) is 4. The average molecular weight is 619 g/mol. The Morgan fingerprint density at radius 1 is 1.00 bits per heavy atom. The van der Waals surface area contributed by atoms with Crippen molar-refractivity contribution in [1.29, 1.82) is 0 Å². The summed E-state index contributed by atoms with van der Waals surface area (Å²) >= 11 is 0. The minimum Gasteiger partial charge on any atom is -0.381 e. The van der Waals surface area contributed by atoms with Gasteiger partial charge in [-0.1, -0.05) is 12.1 Å². The van der Waals surface area contributed by atoms with E-state index in [0.29, 0.717) is 48.9 Å². The summed E-state index contributed by atoms with van der Waals surface area (Å²) in [6.45, 7) is 3.83. The van der Waals surface area contributed by atoms with Crippen LogP contribution in [0.5, 0.6) is 0 Å². The van der Waals surface area contributed by atoms with Gasteiger partial charge in [0.15, 0.2) is 0 Å². The molecule has 1 aromatic carbocycles. The Bertz CT molecular complexity index is 2000. The zero-order valence-electron chi connectivity index (χ0n) is 24.9. The van der Waals surface area contributed by atoms with Crippen molar-refractivity contribution in [2.24, 2.45) is 0 Å². The van der Waals surface area contributed by atoms with Crippen LogP contribution in [-0.2, 0) is 17.9 Å². The van der Waals surface area contributed by atoms with Gasteiger partial charge in [-0.15, -0.1) is 0 Å². The Morgan fingerprint density at radius 3 is 2.67 bits per heavy atom. The summed E-state index contributed by atoms with van der Waals surface area (Å²) in [5.41, 5.74) is 5.39. The summed E-state index contributed by atoms with van der Waals surface area (Å²) in [7, 11) is 0. The van der Waals surface area contributed by atoms with E-state index >= 15 is 0 Å². The number of rotatable bonds is 8. The molecular formula is C32H30N10O4. The number of anilines is 3. The van der Waals surface area contributed by atoms with E-state index in [1.807, 2.05) is 41.8 Å². The molecule has 14 heteroatoms. The first-order valence-electron chi connectivity index (χ1n) is 14.8. The number of benzene rings is 1. The number of fused-ring (bicyclic) bond motifs is 3. The molecule has 1 saturated heterocycles. The highest BCUT2D eigenvalue weighted by atomic mass is 16.2. The number of pyridine rings is 2. The van der Waals surface area contributed by atoms with Crippen LogP contribution in [0.15, 0.2) is 73.3 Å². The normalized spacial score (nSPS) is 16.2. The fraction of sp³-hybridized carbons (Fsp3) is 0.219. The molecule has 5 aromatic rings. The van der Waals surface area contributed by atoms with Crippen molar-refractivity contribution in [3.05, 3.63) is 95.8 Å². The van der Waals surface area contributed by atoms with Crippen LogP contribution >= 0.6 is 0 Å². The molecule has 0 unspecified atom stereocenters. The van der Waals surface area contributed by atoms with Gasteiger partial charge < -0.3 is 20.5 Å². The lowest BCUT2D eigenvalue weighted by atomic mass is 10.2. The van der Waals surface area contributed by atoms with Crippen molar-refractivity contribution in [1.82, 2.24) is 34.9 Å². The molecule has 5 amide bonds. The Balaban J connectivity index is 0.950. The highest BCUT2D eigenvalue weighted by Crippen LogP contribution is 2.26. The van der Waals surface area contributed by atoms with E-state index in [1.165, 1.54) is 4.90 Å². The lowest BCUT2D eigenvalue weighted by Crippen LogP contribution is -2.49. The third kappa shape index (κ3) is 5.75. The predicted octanol–water partition coefficient (Wildman–Crippen LogP) is 3.29. The molecular weight excluding hydrogens is 588 g/mol. The molecule has 232 valence electrons. The predicted molar refractivity (Wildman–Crippen MR) is 170 cm³/mol. The number of hydrogen-bond acceptors (Lipinski definition) is 8. The van der Waals surface area contributed by atoms with Crippen molar-refractivity contribution < 1.29 is 19.2 Å². The van der Waals surface area contributed by atoms with Crippen LogP contribution in [0.2, 0.25) is 0 Å². The topological polar surface area (TPSA) is 168 Å². The zero-order chi connectivity index (χ0) is 31.8. The van der Waals surface area contributed by atoms with E-state index in [0.717, 1.165) is 22.2 Å². The lowest BCUT2D eigenvalue weighted by molar-refractivity contribution is -0.120. The molecule has 46 heavy (non-hydrogen) atoms. The van der Waals surface area contributed by atoms with E-state index in [9.17, 15) is 19.2 Å². The SMILES string of the molecule is C[C@@H]1CNC(=O)c2cc3ccc(C(=O)Nc4cnn(Cc5ccc(NCc6cncc(N7CCC(=O)NC7=O)c6)cc5)c4)nc3n21. The smallest absolute Gasteiger partial charge is 0.328 e. The second kappa shape index (κ2) is 11.8. The second-order valence-electron chi connectivity index (χ2n) is 11.3. The van der Waals surface area contributed by atoms with Gasteiger partial charge in [-0.25, -0.2) is 9.78 Å². The second-order valence-corrected chi connectivity index (χ2v) is 11.3. The zero-order valence-corrected chi connectivity index (χ0v) is 24.9. The highest BCUT2D eigenvalue weighted by Gasteiger charge is 2.26. The first kappa shape index (κ1) is 28.7. The first-order chi connectivity index (χ1) is 22.3. The van der Waals surface area contributed by atoms with Gasteiger partial charge in [0.25, 0.3) is 11.8 Å². The number of imide groups is 1. The molecule has 0 spiro atoms. The van der Waals surface area contributed by atoms with Crippen LogP contribution in [0, 0.1) is 0 Å². The number of urea groups is 1. The Labute approximate surface area is 262 Å². The Kier molecular flexibility index (Phi) is 7.36. The number of nitrogens with zero attached hydrogens (tertiary/aromatic N) is 6. The molecule has 6 heterocycles. The summed E-state index contributed by atoms with van der Waals surface area (Å²) in [4.78, 5) is 59.3. The fourth-order valence-electron chi connectivity index (χ4n) is 5.62. The number of aromatic nitrogens is 5. The van der Waals surface area contributed by atoms with Gasteiger partial charge in [0, 0.05) is 49.5 Å². The number of nitrogens with one attached hydrogen (secondary N) is 4. The van der Waals surface area contributed by atoms with Gasteiger partial charge >= 0.3 is 6.03 Å². The molecule has 14 nitrogen and oxygen atoms in total. The third-order valence-corrected chi connectivity index (χ3v) is 7.98. The molecule has 0 bridgehead atoms. The minimum atomic E-state index is -0.442. The molecule has 1 atom stereocenters. The lowest BCUT2D eigenvalue weighted by Gasteiger charge is -2.26. The van der Waals surface area contributed by atoms with E-state index in [-0.39, 0.29) is 35.9 Å². The molecule has 0 saturated carbocycles. The molecule has 4 N–H and O–H groups in total. The van der Waals surface area contributed by atoms with Gasteiger partial charge in [-0.3, -0.25) is 34.3 Å². The molecule has 0 radical (unpaired) electrons. The van der Waals surface area contributed by atoms with Crippen molar-refractivity contribution >= 4 is 51.8 Å². The fourth-order valence-corrected chi connectivity index (χ4v) is 5.62. The van der Waals surface area contributed by atoms with Crippen molar-refractivity contribution in [3.63, 3.8) is 0 Å². The molecule has 4 aromatic heterocycles. The van der Waals surface area contributed by atoms with Gasteiger partial charge in [0.1, 0.15) is 17.0 Å². The van der Waals surface area contributed by atoms with Gasteiger partial charge in [-0.05, 0) is 54.4 Å². The van der Waals surface area contributed by atoms with Gasteiger partial charge in [0.05, 0.1) is 36.4 Å². The third-order valence-electron chi connectivity index (χ3n) is 7.98. The van der Waals surface area contributed by atoms with Crippen molar-refractivity contribution in [2.45, 2.75) is 32.5 Å². The quantitative estimate of drug-likeness (QED) is 0.205. The average Bonchev–Trinajstić information content (AvgIpc) is 3.67. The van der Waals surface area contributed by atoms with E-state index in [2.05, 4.69) is 36.3 Å². The Hall–Kier alpha value is -6.05. The summed E-state index contributed by atoms with van der Waals surface area (Å²) in [6.07, 6.45) is 6.93. The highest BCUT2D eigenvalue weighted by molar-refractivity contribution is 6.06. The van der Waals surface area contributed by atoms with Crippen molar-refractivity contribution in [2.75, 3.05) is 28.6 Å². The molecule has 1 fully saturated rings. The van der Waals surface area contributed by atoms with Crippen molar-refractivity contribution in [3.8, 4) is 0 Å². The maximum absolute atomic E-state index is 13.0. The molecule has 7 rings (SSSR count). The van der Waals surface area contributed by atoms with E-state index in [4.69, 9.17) is 0 Å². The van der Waals surface area contributed by atoms with Crippen LogP contribution in [0.25, 0.3) is 11.0 Å². The molecule has 2 aliphatic heterocycles. The van der Waals surface area contributed by atoms with Gasteiger partial charge in [0.2, 0.25) is 5.91 Å². The molecule has 2 aliphatic rings. The summed E-state index contributed by atoms with van der Waals surface area (Å²) in [5, 5.41) is 16.6. The van der Waals surface area contributed by atoms with Crippen LogP contribution in [0.4, 0.5) is 21.9 Å². The maximum Gasteiger partial charge on any atom is 0.328 e. The summed E-state index contributed by atoms with van der Waals surface area (Å²) in [5.74, 6) is -0.789. The number of carbonyl (C=O) groups is 4. The molecule has 0 aliphatic carbocycles. The standard InChI is InChI=1S/C32H30N10O4/c1-19-12-35-31(45)27-11-22-4-7-26(38-29(22)42(19)27)30(44)37-24-15-36-40(18-24)17-20-2-5-23(6-3-20)34-14-21-10-25(16-33-13-21)41-9-8-28(43)39-32(41)46/h2-7,10-11,13,15-16,18-19,34H,8-9,12,14,17H2,1H3,(H,35,45)(H,37,44)(H,39,43,46)/t19-/m1/s1. The summed E-state index contributed by atoms with van der Waals surface area (Å²) in [6, 6.07) is 14.6. The largest absolute Gasteiger partial charge is 0.381 e. The van der Waals surface area contributed by atoms with E-state index in [1.54, 1.807) is 47.7 Å². The van der Waals surface area contributed by atoms with Crippen LogP contribution < -0.4 is 26.2 Å². The Morgan fingerprint density at radius 2 is 1.85 bits per heavy atom. The maximum atomic E-state index is 13.0. The number of carbonyl (C=O) groups excluding carboxylic acids is 4. The van der Waals surface area contributed by atoms with Crippen LogP contribution in [0.1, 0.15) is 51.5 Å². The first-order valence-corrected chi connectivity index (χ1v) is 14.8.